The summed E-state index contributed by atoms with van der Waals surface area (Å²) in [6.45, 7) is 10.6. The van der Waals surface area contributed by atoms with E-state index < -0.39 is 0 Å². The lowest BCUT2D eigenvalue weighted by Gasteiger charge is -2.22. The van der Waals surface area contributed by atoms with Crippen LogP contribution in [0.15, 0.2) is 35.3 Å². The monoisotopic (exact) mass is 401 g/mol. The Morgan fingerprint density at radius 2 is 2.05 bits per heavy atom. The van der Waals surface area contributed by atoms with E-state index in [0.717, 1.165) is 32.1 Å². The van der Waals surface area contributed by atoms with E-state index >= 15 is 0 Å². The Bertz CT molecular complexity index is 431. The van der Waals surface area contributed by atoms with Gasteiger partial charge in [-0.2, -0.15) is 0 Å². The summed E-state index contributed by atoms with van der Waals surface area (Å²) in [7, 11) is 0. The number of halogens is 1. The van der Waals surface area contributed by atoms with Crippen molar-refractivity contribution in [2.24, 2.45) is 10.9 Å². The van der Waals surface area contributed by atoms with Gasteiger partial charge in [-0.1, -0.05) is 44.2 Å². The van der Waals surface area contributed by atoms with Crippen molar-refractivity contribution >= 4 is 29.9 Å². The second-order valence-electron chi connectivity index (χ2n) is 5.93. The van der Waals surface area contributed by atoms with Crippen molar-refractivity contribution in [1.29, 1.82) is 0 Å². The van der Waals surface area contributed by atoms with E-state index in [1.807, 2.05) is 0 Å². The van der Waals surface area contributed by atoms with Gasteiger partial charge < -0.3 is 10.2 Å². The molecule has 0 saturated carbocycles. The van der Waals surface area contributed by atoms with Gasteiger partial charge in [0, 0.05) is 32.1 Å². The fraction of sp³-hybridized carbons (Fsp3) is 0.588. The predicted molar refractivity (Wildman–Crippen MR) is 102 cm³/mol. The zero-order chi connectivity index (χ0) is 14.4. The molecule has 1 atom stereocenters. The van der Waals surface area contributed by atoms with Gasteiger partial charge in [-0.05, 0) is 24.8 Å². The van der Waals surface area contributed by atoms with Gasteiger partial charge in [-0.3, -0.25) is 4.99 Å². The average Bonchev–Trinajstić information content (AvgIpc) is 2.94. The molecule has 1 aliphatic rings. The molecule has 0 aromatic heterocycles. The van der Waals surface area contributed by atoms with Crippen LogP contribution >= 0.6 is 24.0 Å². The second kappa shape index (κ2) is 9.28. The zero-order valence-corrected chi connectivity index (χ0v) is 15.7. The first-order valence-corrected chi connectivity index (χ1v) is 7.79. The van der Waals surface area contributed by atoms with Crippen molar-refractivity contribution in [2.75, 3.05) is 26.2 Å². The van der Waals surface area contributed by atoms with Crippen molar-refractivity contribution < 1.29 is 0 Å². The third-order valence-corrected chi connectivity index (χ3v) is 3.70. The number of hydrogen-bond acceptors (Lipinski definition) is 1. The highest BCUT2D eigenvalue weighted by Crippen LogP contribution is 2.26. The standard InChI is InChI=1S/C17H27N3.HI/c1-4-18-17(19-12-14(2)3)20-11-10-16(13-20)15-8-6-5-7-9-15;/h5-9,14,16H,4,10-13H2,1-3H3,(H,18,19);1H. The van der Waals surface area contributed by atoms with Crippen molar-refractivity contribution in [1.82, 2.24) is 10.2 Å². The van der Waals surface area contributed by atoms with Crippen LogP contribution in [0.4, 0.5) is 0 Å². The Kier molecular flexibility index (Phi) is 8.07. The lowest BCUT2D eigenvalue weighted by Crippen LogP contribution is -2.40. The fourth-order valence-electron chi connectivity index (χ4n) is 2.64. The van der Waals surface area contributed by atoms with E-state index in [-0.39, 0.29) is 24.0 Å². The van der Waals surface area contributed by atoms with Crippen LogP contribution in [-0.4, -0.2) is 37.0 Å². The SMILES string of the molecule is CCNC(=NCC(C)C)N1CCC(c2ccccc2)C1.I. The number of likely N-dealkylation sites (tertiary alicyclic amines) is 1. The minimum atomic E-state index is 0. The van der Waals surface area contributed by atoms with Gasteiger partial charge in [-0.25, -0.2) is 0 Å². The fourth-order valence-corrected chi connectivity index (χ4v) is 2.64. The van der Waals surface area contributed by atoms with Gasteiger partial charge >= 0.3 is 0 Å². The van der Waals surface area contributed by atoms with Gasteiger partial charge in [0.1, 0.15) is 0 Å². The molecule has 1 saturated heterocycles. The molecule has 1 aromatic rings. The summed E-state index contributed by atoms with van der Waals surface area (Å²) in [4.78, 5) is 7.16. The molecule has 1 fully saturated rings. The summed E-state index contributed by atoms with van der Waals surface area (Å²) >= 11 is 0. The first kappa shape index (κ1) is 18.3. The summed E-state index contributed by atoms with van der Waals surface area (Å²) in [5.41, 5.74) is 1.45. The summed E-state index contributed by atoms with van der Waals surface area (Å²) in [6.07, 6.45) is 1.22. The second-order valence-corrected chi connectivity index (χ2v) is 5.93. The minimum absolute atomic E-state index is 0. The summed E-state index contributed by atoms with van der Waals surface area (Å²) < 4.78 is 0. The van der Waals surface area contributed by atoms with Crippen LogP contribution in [0.2, 0.25) is 0 Å². The van der Waals surface area contributed by atoms with Crippen LogP contribution < -0.4 is 5.32 Å². The molecule has 0 amide bonds. The number of aliphatic imine (C=N–C) groups is 1. The van der Waals surface area contributed by atoms with Gasteiger partial charge in [0.15, 0.2) is 5.96 Å². The summed E-state index contributed by atoms with van der Waals surface area (Å²) in [5.74, 6) is 2.33. The molecule has 1 aromatic carbocycles. The minimum Gasteiger partial charge on any atom is -0.357 e. The maximum atomic E-state index is 4.75. The molecule has 0 spiro atoms. The van der Waals surface area contributed by atoms with Gasteiger partial charge in [0.2, 0.25) is 0 Å². The van der Waals surface area contributed by atoms with Crippen LogP contribution in [0.1, 0.15) is 38.7 Å². The molecule has 118 valence electrons. The molecule has 1 heterocycles. The molecular formula is C17H28IN3. The first-order valence-electron chi connectivity index (χ1n) is 7.79. The normalized spacial score (nSPS) is 18.8. The third kappa shape index (κ3) is 5.49. The molecule has 1 unspecified atom stereocenters. The number of nitrogens with zero attached hydrogens (tertiary/aromatic N) is 2. The predicted octanol–water partition coefficient (Wildman–Crippen LogP) is 3.72. The zero-order valence-electron chi connectivity index (χ0n) is 13.4. The number of hydrogen-bond donors (Lipinski definition) is 1. The highest BCUT2D eigenvalue weighted by atomic mass is 127. The molecule has 1 aliphatic heterocycles. The highest BCUT2D eigenvalue weighted by molar-refractivity contribution is 14.0. The van der Waals surface area contributed by atoms with Gasteiger partial charge in [0.05, 0.1) is 0 Å². The lowest BCUT2D eigenvalue weighted by molar-refractivity contribution is 0.483. The topological polar surface area (TPSA) is 27.6 Å². The largest absolute Gasteiger partial charge is 0.357 e. The quantitative estimate of drug-likeness (QED) is 0.473. The van der Waals surface area contributed by atoms with Gasteiger partial charge in [0.25, 0.3) is 0 Å². The number of rotatable bonds is 4. The van der Waals surface area contributed by atoms with Gasteiger partial charge in [-0.15, -0.1) is 24.0 Å². The van der Waals surface area contributed by atoms with Crippen molar-refractivity contribution in [3.05, 3.63) is 35.9 Å². The Morgan fingerprint density at radius 1 is 1.33 bits per heavy atom. The van der Waals surface area contributed by atoms with E-state index in [1.54, 1.807) is 0 Å². The number of nitrogens with one attached hydrogen (secondary N) is 1. The Labute approximate surface area is 146 Å². The maximum absolute atomic E-state index is 4.75. The van der Waals surface area contributed by atoms with E-state index in [1.165, 1.54) is 12.0 Å². The summed E-state index contributed by atoms with van der Waals surface area (Å²) in [5, 5.41) is 3.43. The van der Waals surface area contributed by atoms with E-state index in [0.29, 0.717) is 11.8 Å². The van der Waals surface area contributed by atoms with E-state index in [4.69, 9.17) is 4.99 Å². The van der Waals surface area contributed by atoms with E-state index in [9.17, 15) is 0 Å². The van der Waals surface area contributed by atoms with Crippen LogP contribution in [0.25, 0.3) is 0 Å². The number of benzene rings is 1. The average molecular weight is 401 g/mol. The third-order valence-electron chi connectivity index (χ3n) is 3.70. The smallest absolute Gasteiger partial charge is 0.193 e. The van der Waals surface area contributed by atoms with Crippen LogP contribution in [-0.2, 0) is 0 Å². The molecule has 0 bridgehead atoms. The van der Waals surface area contributed by atoms with Crippen LogP contribution in [0, 0.1) is 5.92 Å². The molecule has 2 rings (SSSR count). The van der Waals surface area contributed by atoms with Crippen molar-refractivity contribution in [3.63, 3.8) is 0 Å². The molecule has 0 radical (unpaired) electrons. The molecule has 4 heteroatoms. The van der Waals surface area contributed by atoms with Crippen LogP contribution in [0.3, 0.4) is 0 Å². The molecule has 0 aliphatic carbocycles. The maximum Gasteiger partial charge on any atom is 0.193 e. The molecule has 21 heavy (non-hydrogen) atoms. The highest BCUT2D eigenvalue weighted by Gasteiger charge is 2.25. The van der Waals surface area contributed by atoms with E-state index in [2.05, 4.69) is 61.3 Å². The lowest BCUT2D eigenvalue weighted by atomic mass is 9.99. The Morgan fingerprint density at radius 3 is 2.67 bits per heavy atom. The molecular weight excluding hydrogens is 373 g/mol. The van der Waals surface area contributed by atoms with Crippen LogP contribution in [0.5, 0.6) is 0 Å². The molecule has 1 N–H and O–H groups in total. The summed E-state index contributed by atoms with van der Waals surface area (Å²) in [6, 6.07) is 10.8. The number of guanidine groups is 1. The Hall–Kier alpha value is -0.780. The Balaban J connectivity index is 0.00000220. The van der Waals surface area contributed by atoms with Crippen molar-refractivity contribution in [3.8, 4) is 0 Å². The molecule has 3 nitrogen and oxygen atoms in total. The first-order chi connectivity index (χ1) is 9.70. The van der Waals surface area contributed by atoms with Crippen molar-refractivity contribution in [2.45, 2.75) is 33.1 Å².